The highest BCUT2D eigenvalue weighted by Gasteiger charge is 2.05. The fraction of sp³-hybridized carbons (Fsp3) is 0.700. The Balaban J connectivity index is 2.32. The fourth-order valence-electron chi connectivity index (χ4n) is 1.36. The molecule has 1 rings (SSSR count). The minimum absolute atomic E-state index is 0.809. The van der Waals surface area contributed by atoms with Crippen LogP contribution in [0, 0.1) is 6.92 Å². The molecule has 0 bridgehead atoms. The zero-order valence-electron chi connectivity index (χ0n) is 8.79. The highest BCUT2D eigenvalue weighted by molar-refractivity contribution is 4.88. The molecule has 1 heterocycles. The van der Waals surface area contributed by atoms with E-state index >= 15 is 0 Å². The summed E-state index contributed by atoms with van der Waals surface area (Å²) in [6, 6.07) is 0. The lowest BCUT2D eigenvalue weighted by Crippen LogP contribution is -2.24. The lowest BCUT2D eigenvalue weighted by molar-refractivity contribution is -0.671. The normalized spacial score (nSPS) is 10.7. The van der Waals surface area contributed by atoms with E-state index in [1.807, 2.05) is 7.05 Å². The van der Waals surface area contributed by atoms with Crippen LogP contribution in [0.3, 0.4) is 0 Å². The number of rotatable bonds is 5. The number of imidazole rings is 1. The maximum Gasteiger partial charge on any atom is 0.243 e. The number of ether oxygens (including phenoxy) is 1. The molecule has 0 aliphatic heterocycles. The van der Waals surface area contributed by atoms with Crippen LogP contribution < -0.4 is 4.57 Å². The highest BCUT2D eigenvalue weighted by Crippen LogP contribution is 1.94. The van der Waals surface area contributed by atoms with Crippen molar-refractivity contribution < 1.29 is 9.30 Å². The summed E-state index contributed by atoms with van der Waals surface area (Å²) in [5.41, 5.74) is 1.28. The quantitative estimate of drug-likeness (QED) is 0.493. The van der Waals surface area contributed by atoms with Crippen LogP contribution in [0.5, 0.6) is 0 Å². The molecule has 74 valence electrons. The van der Waals surface area contributed by atoms with Crippen molar-refractivity contribution in [1.29, 1.82) is 0 Å². The van der Waals surface area contributed by atoms with E-state index in [4.69, 9.17) is 4.74 Å². The van der Waals surface area contributed by atoms with Gasteiger partial charge in [-0.3, -0.25) is 0 Å². The van der Waals surface area contributed by atoms with Gasteiger partial charge in [-0.15, -0.1) is 0 Å². The molecule has 1 aromatic heterocycles. The summed E-state index contributed by atoms with van der Waals surface area (Å²) < 4.78 is 9.69. The van der Waals surface area contributed by atoms with Crippen molar-refractivity contribution in [2.24, 2.45) is 7.05 Å². The first-order chi connectivity index (χ1) is 6.24. The fourth-order valence-corrected chi connectivity index (χ4v) is 1.36. The number of nitrogens with zero attached hydrogens (tertiary/aromatic N) is 2. The van der Waals surface area contributed by atoms with Crippen molar-refractivity contribution in [3.05, 3.63) is 18.2 Å². The Hall–Kier alpha value is -0.830. The number of hydrogen-bond donors (Lipinski definition) is 0. The summed E-state index contributed by atoms with van der Waals surface area (Å²) in [5.74, 6) is 0. The molecule has 0 amide bonds. The Morgan fingerprint density at radius 3 is 2.77 bits per heavy atom. The van der Waals surface area contributed by atoms with Crippen LogP contribution in [0.4, 0.5) is 0 Å². The molecule has 0 saturated heterocycles. The van der Waals surface area contributed by atoms with Crippen LogP contribution in [0.2, 0.25) is 0 Å². The lowest BCUT2D eigenvalue weighted by Gasteiger charge is -2.00. The Bertz CT molecular complexity index is 255. The predicted octanol–water partition coefficient (Wildman–Crippen LogP) is 1.05. The van der Waals surface area contributed by atoms with Gasteiger partial charge in [0.2, 0.25) is 6.33 Å². The van der Waals surface area contributed by atoms with Gasteiger partial charge < -0.3 is 4.74 Å². The van der Waals surface area contributed by atoms with E-state index in [0.717, 1.165) is 26.2 Å². The molecule has 0 saturated carbocycles. The third kappa shape index (κ3) is 3.19. The van der Waals surface area contributed by atoms with Crippen LogP contribution in [0.1, 0.15) is 19.0 Å². The molecule has 0 unspecified atom stereocenters. The zero-order chi connectivity index (χ0) is 9.68. The molecule has 1 aromatic rings. The third-order valence-electron chi connectivity index (χ3n) is 1.99. The summed E-state index contributed by atoms with van der Waals surface area (Å²) in [7, 11) is 2.04. The number of hydrogen-bond acceptors (Lipinski definition) is 1. The van der Waals surface area contributed by atoms with Gasteiger partial charge >= 0.3 is 0 Å². The molecule has 0 atom stereocenters. The Labute approximate surface area is 79.9 Å². The van der Waals surface area contributed by atoms with Crippen LogP contribution in [0.25, 0.3) is 0 Å². The van der Waals surface area contributed by atoms with Crippen LogP contribution in [-0.4, -0.2) is 17.8 Å². The standard InChI is InChI=1S/C10H19N2O/c1-4-6-13-7-5-12-9-11(3)8-10(12)2/h8-9H,4-7H2,1-3H3/q+1. The topological polar surface area (TPSA) is 18.0 Å². The van der Waals surface area contributed by atoms with E-state index in [-0.39, 0.29) is 0 Å². The minimum atomic E-state index is 0.809. The van der Waals surface area contributed by atoms with Gasteiger partial charge in [0.05, 0.1) is 13.7 Å². The second-order valence-electron chi connectivity index (χ2n) is 3.36. The molecule has 3 heteroatoms. The van der Waals surface area contributed by atoms with Crippen molar-refractivity contribution in [2.45, 2.75) is 26.8 Å². The van der Waals surface area contributed by atoms with E-state index in [2.05, 4.69) is 35.5 Å². The van der Waals surface area contributed by atoms with Crippen molar-refractivity contribution in [1.82, 2.24) is 4.57 Å². The first kappa shape index (κ1) is 10.3. The van der Waals surface area contributed by atoms with E-state index in [9.17, 15) is 0 Å². The summed E-state index contributed by atoms with van der Waals surface area (Å²) in [6.45, 7) is 6.86. The van der Waals surface area contributed by atoms with E-state index in [1.165, 1.54) is 5.69 Å². The van der Waals surface area contributed by atoms with Crippen molar-refractivity contribution in [3.63, 3.8) is 0 Å². The van der Waals surface area contributed by atoms with E-state index in [0.29, 0.717) is 0 Å². The van der Waals surface area contributed by atoms with Crippen LogP contribution in [0.15, 0.2) is 12.5 Å². The van der Waals surface area contributed by atoms with Crippen molar-refractivity contribution in [3.8, 4) is 0 Å². The van der Waals surface area contributed by atoms with Gasteiger partial charge in [-0.25, -0.2) is 9.13 Å². The molecular weight excluding hydrogens is 164 g/mol. The SMILES string of the molecule is CCCOCCn1c[n+](C)cc1C. The van der Waals surface area contributed by atoms with Gasteiger partial charge in [0.15, 0.2) is 0 Å². The molecule has 0 aromatic carbocycles. The first-order valence-corrected chi connectivity index (χ1v) is 4.83. The zero-order valence-corrected chi connectivity index (χ0v) is 8.79. The molecule has 0 aliphatic rings. The number of aromatic nitrogens is 2. The van der Waals surface area contributed by atoms with Crippen LogP contribution >= 0.6 is 0 Å². The average molecular weight is 183 g/mol. The molecule has 13 heavy (non-hydrogen) atoms. The van der Waals surface area contributed by atoms with Gasteiger partial charge in [-0.2, -0.15) is 0 Å². The van der Waals surface area contributed by atoms with Gasteiger partial charge in [-0.1, -0.05) is 6.92 Å². The maximum atomic E-state index is 5.42. The van der Waals surface area contributed by atoms with Crippen molar-refractivity contribution in [2.75, 3.05) is 13.2 Å². The summed E-state index contributed by atoms with van der Waals surface area (Å²) in [4.78, 5) is 0. The molecule has 0 N–H and O–H groups in total. The summed E-state index contributed by atoms with van der Waals surface area (Å²) in [6.07, 6.45) is 5.29. The highest BCUT2D eigenvalue weighted by atomic mass is 16.5. The van der Waals surface area contributed by atoms with E-state index in [1.54, 1.807) is 0 Å². The smallest absolute Gasteiger partial charge is 0.243 e. The molecular formula is C10H19N2O+. The third-order valence-corrected chi connectivity index (χ3v) is 1.99. The molecule has 0 fully saturated rings. The molecule has 0 spiro atoms. The summed E-state index contributed by atoms with van der Waals surface area (Å²) >= 11 is 0. The van der Waals surface area contributed by atoms with Gasteiger partial charge in [0, 0.05) is 13.5 Å². The van der Waals surface area contributed by atoms with Gasteiger partial charge in [0.25, 0.3) is 0 Å². The monoisotopic (exact) mass is 183 g/mol. The largest absolute Gasteiger partial charge is 0.377 e. The molecule has 0 radical (unpaired) electrons. The van der Waals surface area contributed by atoms with Crippen molar-refractivity contribution >= 4 is 0 Å². The second-order valence-corrected chi connectivity index (χ2v) is 3.36. The summed E-state index contributed by atoms with van der Waals surface area (Å²) in [5, 5.41) is 0. The van der Waals surface area contributed by atoms with Gasteiger partial charge in [-0.05, 0) is 6.42 Å². The second kappa shape index (κ2) is 5.02. The van der Waals surface area contributed by atoms with E-state index < -0.39 is 0 Å². The minimum Gasteiger partial charge on any atom is -0.377 e. The Kier molecular flexibility index (Phi) is 3.96. The molecule has 0 aliphatic carbocycles. The average Bonchev–Trinajstić information content (AvgIpc) is 2.39. The predicted molar refractivity (Wildman–Crippen MR) is 51.5 cm³/mol. The maximum absolute atomic E-state index is 5.42. The Morgan fingerprint density at radius 1 is 1.46 bits per heavy atom. The van der Waals surface area contributed by atoms with Crippen LogP contribution in [-0.2, 0) is 18.3 Å². The first-order valence-electron chi connectivity index (χ1n) is 4.83. The van der Waals surface area contributed by atoms with Gasteiger partial charge in [0.1, 0.15) is 18.4 Å². The number of aryl methyl sites for hydroxylation is 2. The molecule has 3 nitrogen and oxygen atoms in total. The Morgan fingerprint density at radius 2 is 2.23 bits per heavy atom. The lowest BCUT2D eigenvalue weighted by atomic mass is 10.5.